The van der Waals surface area contributed by atoms with Crippen molar-refractivity contribution in [1.29, 1.82) is 0 Å². The zero-order valence-corrected chi connectivity index (χ0v) is 21.0. The van der Waals surface area contributed by atoms with E-state index in [-0.39, 0.29) is 5.91 Å². The average Bonchev–Trinajstić information content (AvgIpc) is 3.19. The molecule has 0 spiro atoms. The lowest BCUT2D eigenvalue weighted by molar-refractivity contribution is -0.113. The molecule has 5 rings (SSSR count). The van der Waals surface area contributed by atoms with Gasteiger partial charge in [0, 0.05) is 21.8 Å². The van der Waals surface area contributed by atoms with E-state index in [1.54, 1.807) is 4.90 Å². The van der Waals surface area contributed by atoms with Crippen LogP contribution in [-0.2, 0) is 11.4 Å². The molecule has 0 bridgehead atoms. The number of halogens is 1. The maximum atomic E-state index is 13.6. The van der Waals surface area contributed by atoms with Gasteiger partial charge < -0.3 is 4.74 Å². The van der Waals surface area contributed by atoms with Gasteiger partial charge in [0.2, 0.25) is 0 Å². The highest BCUT2D eigenvalue weighted by atomic mass is 35.5. The van der Waals surface area contributed by atoms with Crippen LogP contribution in [0.4, 0.5) is 11.5 Å². The van der Waals surface area contributed by atoms with Crippen molar-refractivity contribution in [2.45, 2.75) is 13.5 Å². The number of hydrogen-bond acceptors (Lipinski definition) is 5. The first kappa shape index (κ1) is 23.9. The largest absolute Gasteiger partial charge is 0.488 e. The third kappa shape index (κ3) is 5.35. The highest BCUT2D eigenvalue weighted by Crippen LogP contribution is 2.38. The summed E-state index contributed by atoms with van der Waals surface area (Å²) in [6.07, 6.45) is 1.84. The van der Waals surface area contributed by atoms with Gasteiger partial charge in [-0.25, -0.2) is 9.98 Å². The normalized spacial score (nSPS) is 15.6. The van der Waals surface area contributed by atoms with E-state index in [0.717, 1.165) is 22.5 Å². The molecule has 0 N–H and O–H groups in total. The highest BCUT2D eigenvalue weighted by molar-refractivity contribution is 8.19. The number of nitrogens with zero attached hydrogens (tertiary/aromatic N) is 3. The number of anilines is 1. The number of amidine groups is 1. The van der Waals surface area contributed by atoms with Crippen LogP contribution in [-0.4, -0.2) is 16.1 Å². The first-order chi connectivity index (χ1) is 17.6. The topological polar surface area (TPSA) is 54.8 Å². The Bertz CT molecular complexity index is 1470. The van der Waals surface area contributed by atoms with E-state index in [9.17, 15) is 4.79 Å². The summed E-state index contributed by atoms with van der Waals surface area (Å²) in [5.41, 5.74) is 3.29. The first-order valence-corrected chi connectivity index (χ1v) is 12.5. The van der Waals surface area contributed by atoms with Crippen molar-refractivity contribution in [3.05, 3.63) is 124 Å². The molecule has 36 heavy (non-hydrogen) atoms. The van der Waals surface area contributed by atoms with Crippen molar-refractivity contribution in [3.8, 4) is 5.75 Å². The Morgan fingerprint density at radius 2 is 1.69 bits per heavy atom. The predicted octanol–water partition coefficient (Wildman–Crippen LogP) is 7.43. The van der Waals surface area contributed by atoms with Crippen molar-refractivity contribution in [1.82, 2.24) is 4.98 Å². The lowest BCUT2D eigenvalue weighted by Gasteiger charge is -2.15. The number of aliphatic imine (C=N–C) groups is 1. The van der Waals surface area contributed by atoms with Crippen LogP contribution in [0.2, 0.25) is 5.02 Å². The third-order valence-electron chi connectivity index (χ3n) is 5.45. The van der Waals surface area contributed by atoms with Crippen molar-refractivity contribution in [2.24, 2.45) is 4.99 Å². The third-order valence-corrected chi connectivity index (χ3v) is 6.79. The van der Waals surface area contributed by atoms with Crippen LogP contribution in [0.25, 0.3) is 6.08 Å². The lowest BCUT2D eigenvalue weighted by Crippen LogP contribution is -2.28. The van der Waals surface area contributed by atoms with E-state index in [1.165, 1.54) is 11.8 Å². The molecular formula is C29H22ClN3O2S. The van der Waals surface area contributed by atoms with Crippen LogP contribution in [0.15, 0.2) is 107 Å². The van der Waals surface area contributed by atoms with Crippen LogP contribution >= 0.6 is 23.4 Å². The molecule has 0 saturated carbocycles. The monoisotopic (exact) mass is 511 g/mol. The molecule has 0 aliphatic carbocycles. The van der Waals surface area contributed by atoms with E-state index < -0.39 is 0 Å². The lowest BCUT2D eigenvalue weighted by atomic mass is 10.1. The fourth-order valence-corrected chi connectivity index (χ4v) is 4.86. The number of aromatic nitrogens is 1. The summed E-state index contributed by atoms with van der Waals surface area (Å²) in [5.74, 6) is 1.06. The van der Waals surface area contributed by atoms with E-state index in [0.29, 0.717) is 33.3 Å². The molecule has 1 amide bonds. The van der Waals surface area contributed by atoms with Crippen LogP contribution in [0, 0.1) is 6.92 Å². The van der Waals surface area contributed by atoms with Crippen LogP contribution in [0.3, 0.4) is 0 Å². The Labute approximate surface area is 219 Å². The van der Waals surface area contributed by atoms with Crippen molar-refractivity contribution in [3.63, 3.8) is 0 Å². The van der Waals surface area contributed by atoms with Gasteiger partial charge in [0.05, 0.1) is 10.6 Å². The Morgan fingerprint density at radius 1 is 0.944 bits per heavy atom. The van der Waals surface area contributed by atoms with Crippen molar-refractivity contribution in [2.75, 3.05) is 4.90 Å². The highest BCUT2D eigenvalue weighted by Gasteiger charge is 2.35. The van der Waals surface area contributed by atoms with E-state index >= 15 is 0 Å². The number of aryl methyl sites for hydroxylation is 1. The number of pyridine rings is 1. The van der Waals surface area contributed by atoms with Gasteiger partial charge in [-0.15, -0.1) is 0 Å². The number of carbonyl (C=O) groups is 1. The number of carbonyl (C=O) groups excluding carboxylic acids is 1. The second kappa shape index (κ2) is 10.8. The molecule has 178 valence electrons. The molecule has 5 nitrogen and oxygen atoms in total. The molecule has 1 saturated heterocycles. The number of benzene rings is 3. The predicted molar refractivity (Wildman–Crippen MR) is 148 cm³/mol. The minimum atomic E-state index is -0.154. The molecule has 7 heteroatoms. The molecule has 2 heterocycles. The quantitative estimate of drug-likeness (QED) is 0.252. The summed E-state index contributed by atoms with van der Waals surface area (Å²) in [6, 6.07) is 30.3. The van der Waals surface area contributed by atoms with Gasteiger partial charge in [0.1, 0.15) is 12.4 Å². The maximum absolute atomic E-state index is 13.6. The molecule has 1 aromatic heterocycles. The average molecular weight is 512 g/mol. The summed E-state index contributed by atoms with van der Waals surface area (Å²) in [7, 11) is 0. The number of para-hydroxylation sites is 2. The van der Waals surface area contributed by atoms with Gasteiger partial charge in [0.15, 0.2) is 11.0 Å². The Kier molecular flexibility index (Phi) is 7.16. The Balaban J connectivity index is 1.49. The number of hydrogen-bond donors (Lipinski definition) is 0. The van der Waals surface area contributed by atoms with Crippen molar-refractivity contribution < 1.29 is 9.53 Å². The summed E-state index contributed by atoms with van der Waals surface area (Å²) < 4.78 is 6.09. The van der Waals surface area contributed by atoms with Crippen LogP contribution < -0.4 is 9.64 Å². The molecule has 4 aromatic rings. The zero-order chi connectivity index (χ0) is 24.9. The Morgan fingerprint density at radius 3 is 2.50 bits per heavy atom. The number of amides is 1. The van der Waals surface area contributed by atoms with Crippen molar-refractivity contribution >= 4 is 52.0 Å². The summed E-state index contributed by atoms with van der Waals surface area (Å²) in [5, 5.41) is 1.20. The summed E-state index contributed by atoms with van der Waals surface area (Å²) in [4.78, 5) is 24.9. The summed E-state index contributed by atoms with van der Waals surface area (Å²) in [6.45, 7) is 2.24. The second-order valence-electron chi connectivity index (χ2n) is 8.04. The molecule has 1 aliphatic heterocycles. The molecule has 0 unspecified atom stereocenters. The molecule has 1 fully saturated rings. The minimum absolute atomic E-state index is 0.154. The van der Waals surface area contributed by atoms with Crippen LogP contribution in [0.1, 0.15) is 16.8 Å². The van der Waals surface area contributed by atoms with Gasteiger partial charge >= 0.3 is 0 Å². The number of ether oxygens (including phenoxy) is 1. The van der Waals surface area contributed by atoms with Gasteiger partial charge in [-0.1, -0.05) is 72.3 Å². The Hall–Kier alpha value is -3.87. The van der Waals surface area contributed by atoms with E-state index in [2.05, 4.69) is 4.98 Å². The van der Waals surface area contributed by atoms with E-state index in [4.69, 9.17) is 21.3 Å². The second-order valence-corrected chi connectivity index (χ2v) is 9.45. The van der Waals surface area contributed by atoms with Gasteiger partial charge in [-0.3, -0.25) is 9.69 Å². The molecule has 0 atom stereocenters. The minimum Gasteiger partial charge on any atom is -0.488 e. The van der Waals surface area contributed by atoms with Gasteiger partial charge in [-0.05, 0) is 61.2 Å². The van der Waals surface area contributed by atoms with E-state index in [1.807, 2.05) is 110 Å². The first-order valence-electron chi connectivity index (χ1n) is 11.3. The molecule has 1 aliphatic rings. The molecular weight excluding hydrogens is 490 g/mol. The number of thioether (sulfide) groups is 1. The maximum Gasteiger partial charge on any atom is 0.271 e. The standard InChI is InChI=1S/C29H22ClN3O2S/c1-20-10-9-17-27(31-20)32-29-33(23-13-3-2-4-14-23)28(34)26(36-29)18-21-11-6-8-16-25(21)35-19-22-12-5-7-15-24(22)30/h2-18H,19H2,1H3/b26-18-,32-29+. The fourth-order valence-electron chi connectivity index (χ4n) is 3.69. The van der Waals surface area contributed by atoms with Crippen LogP contribution in [0.5, 0.6) is 5.75 Å². The fraction of sp³-hybridized carbons (Fsp3) is 0.0690. The van der Waals surface area contributed by atoms with Gasteiger partial charge in [-0.2, -0.15) is 0 Å². The molecule has 0 radical (unpaired) electrons. The number of rotatable bonds is 6. The SMILES string of the molecule is Cc1cccc(/N=C2/S/C(=C\c3ccccc3OCc3ccccc3Cl)C(=O)N2c2ccccc2)n1. The smallest absolute Gasteiger partial charge is 0.271 e. The van der Waals surface area contributed by atoms with Gasteiger partial charge in [0.25, 0.3) is 5.91 Å². The zero-order valence-electron chi connectivity index (χ0n) is 19.5. The molecule has 3 aromatic carbocycles. The summed E-state index contributed by atoms with van der Waals surface area (Å²) >= 11 is 7.60.